The average Bonchev–Trinajstić information content (AvgIpc) is 2.45. The Morgan fingerprint density at radius 2 is 2.11 bits per heavy atom. The van der Waals surface area contributed by atoms with Crippen molar-refractivity contribution in [1.82, 2.24) is 4.98 Å². The summed E-state index contributed by atoms with van der Waals surface area (Å²) in [5.74, 6) is 0.738. The van der Waals surface area contributed by atoms with Crippen molar-refractivity contribution >= 4 is 11.9 Å². The van der Waals surface area contributed by atoms with E-state index in [2.05, 4.69) is 4.98 Å². The Morgan fingerprint density at radius 1 is 1.26 bits per heavy atom. The number of ketones is 1. The quantitative estimate of drug-likeness (QED) is 0.620. The van der Waals surface area contributed by atoms with Crippen molar-refractivity contribution in [3.63, 3.8) is 0 Å². The van der Waals surface area contributed by atoms with Gasteiger partial charge in [-0.15, -0.1) is 0 Å². The molecule has 2 rings (SSSR count). The number of carbonyl (C=O) groups is 1. The van der Waals surface area contributed by atoms with Crippen LogP contribution in [-0.4, -0.2) is 17.9 Å². The van der Waals surface area contributed by atoms with E-state index in [0.29, 0.717) is 5.56 Å². The molecule has 1 heterocycles. The Balaban J connectivity index is 2.16. The van der Waals surface area contributed by atoms with Gasteiger partial charge >= 0.3 is 0 Å². The second-order valence-electron chi connectivity index (χ2n) is 4.14. The van der Waals surface area contributed by atoms with Crippen molar-refractivity contribution in [2.24, 2.45) is 0 Å². The van der Waals surface area contributed by atoms with Crippen LogP contribution in [0.1, 0.15) is 21.6 Å². The van der Waals surface area contributed by atoms with Crippen molar-refractivity contribution in [2.75, 3.05) is 7.11 Å². The van der Waals surface area contributed by atoms with Crippen LogP contribution >= 0.6 is 0 Å². The number of pyridine rings is 1. The van der Waals surface area contributed by atoms with Crippen LogP contribution in [0.3, 0.4) is 0 Å². The Bertz CT molecular complexity index is 603. The predicted octanol–water partition coefficient (Wildman–Crippen LogP) is 3.29. The molecule has 0 aliphatic rings. The summed E-state index contributed by atoms with van der Waals surface area (Å²) in [5, 5.41) is 0. The lowest BCUT2D eigenvalue weighted by Gasteiger charge is -2.05. The number of benzene rings is 1. The summed E-state index contributed by atoms with van der Waals surface area (Å²) >= 11 is 0. The molecule has 0 amide bonds. The Morgan fingerprint density at radius 3 is 2.74 bits per heavy atom. The first-order valence-corrected chi connectivity index (χ1v) is 5.99. The summed E-state index contributed by atoms with van der Waals surface area (Å²) in [7, 11) is 1.62. The molecule has 0 saturated carbocycles. The molecule has 0 unspecified atom stereocenters. The van der Waals surface area contributed by atoms with Gasteiger partial charge in [0.1, 0.15) is 5.75 Å². The van der Waals surface area contributed by atoms with Crippen molar-refractivity contribution in [3.05, 3.63) is 65.5 Å². The van der Waals surface area contributed by atoms with E-state index in [1.807, 2.05) is 31.2 Å². The van der Waals surface area contributed by atoms with Crippen molar-refractivity contribution in [1.29, 1.82) is 0 Å². The molecule has 3 nitrogen and oxygen atoms in total. The smallest absolute Gasteiger partial charge is 0.185 e. The van der Waals surface area contributed by atoms with Gasteiger partial charge < -0.3 is 4.74 Å². The fourth-order valence-corrected chi connectivity index (χ4v) is 1.76. The van der Waals surface area contributed by atoms with E-state index in [9.17, 15) is 4.79 Å². The first kappa shape index (κ1) is 13.0. The molecular formula is C16H15NO2. The minimum absolute atomic E-state index is 0.0450. The first-order chi connectivity index (χ1) is 9.20. The third-order valence-electron chi connectivity index (χ3n) is 2.77. The molecule has 0 radical (unpaired) electrons. The first-order valence-electron chi connectivity index (χ1n) is 5.99. The Kier molecular flexibility index (Phi) is 4.08. The maximum absolute atomic E-state index is 12.0. The van der Waals surface area contributed by atoms with E-state index in [1.165, 1.54) is 6.08 Å². The number of nitrogens with zero attached hydrogens (tertiary/aromatic N) is 1. The maximum atomic E-state index is 12.0. The molecule has 1 aromatic carbocycles. The van der Waals surface area contributed by atoms with E-state index in [4.69, 9.17) is 4.74 Å². The third-order valence-corrected chi connectivity index (χ3v) is 2.77. The molecule has 96 valence electrons. The van der Waals surface area contributed by atoms with Crippen LogP contribution in [0.2, 0.25) is 0 Å². The zero-order valence-corrected chi connectivity index (χ0v) is 11.0. The molecule has 0 aliphatic carbocycles. The van der Waals surface area contributed by atoms with Crippen LogP contribution in [0, 0.1) is 6.92 Å². The lowest BCUT2D eigenvalue weighted by molar-refractivity contribution is 0.104. The van der Waals surface area contributed by atoms with Gasteiger partial charge in [-0.3, -0.25) is 9.78 Å². The topological polar surface area (TPSA) is 39.2 Å². The fraction of sp³-hybridized carbons (Fsp3) is 0.125. The zero-order chi connectivity index (χ0) is 13.7. The van der Waals surface area contributed by atoms with Gasteiger partial charge in [-0.25, -0.2) is 0 Å². The van der Waals surface area contributed by atoms with Gasteiger partial charge in [0.15, 0.2) is 5.78 Å². The Labute approximate surface area is 112 Å². The van der Waals surface area contributed by atoms with Crippen LogP contribution in [0.25, 0.3) is 6.08 Å². The van der Waals surface area contributed by atoms with Crippen LogP contribution in [0.15, 0.2) is 48.7 Å². The number of ether oxygens (including phenoxy) is 1. The minimum Gasteiger partial charge on any atom is -0.496 e. The Hall–Kier alpha value is -2.42. The predicted molar refractivity (Wildman–Crippen MR) is 75.3 cm³/mol. The third kappa shape index (κ3) is 3.28. The van der Waals surface area contributed by atoms with Crippen molar-refractivity contribution in [2.45, 2.75) is 6.92 Å². The molecule has 0 atom stereocenters. The summed E-state index contributed by atoms with van der Waals surface area (Å²) < 4.78 is 5.17. The van der Waals surface area contributed by atoms with E-state index >= 15 is 0 Å². The largest absolute Gasteiger partial charge is 0.496 e. The number of hydrogen-bond acceptors (Lipinski definition) is 3. The SMILES string of the molecule is COc1ccc(C(=O)/C=C/c2ccccn2)cc1C. The number of methoxy groups -OCH3 is 1. The number of allylic oxidation sites excluding steroid dienone is 1. The summed E-state index contributed by atoms with van der Waals surface area (Å²) in [6, 6.07) is 11.0. The lowest BCUT2D eigenvalue weighted by Crippen LogP contribution is -1.96. The molecular weight excluding hydrogens is 238 g/mol. The molecule has 0 bridgehead atoms. The van der Waals surface area contributed by atoms with Gasteiger partial charge in [0.25, 0.3) is 0 Å². The monoisotopic (exact) mass is 253 g/mol. The maximum Gasteiger partial charge on any atom is 0.185 e. The molecule has 0 aliphatic heterocycles. The van der Waals surface area contributed by atoms with Crippen molar-refractivity contribution in [3.8, 4) is 5.75 Å². The van der Waals surface area contributed by atoms with Crippen LogP contribution in [0.5, 0.6) is 5.75 Å². The van der Waals surface area contributed by atoms with Crippen LogP contribution < -0.4 is 4.74 Å². The lowest BCUT2D eigenvalue weighted by atomic mass is 10.1. The molecule has 3 heteroatoms. The highest BCUT2D eigenvalue weighted by Crippen LogP contribution is 2.19. The van der Waals surface area contributed by atoms with Gasteiger partial charge in [-0.1, -0.05) is 6.07 Å². The second-order valence-corrected chi connectivity index (χ2v) is 4.14. The molecule has 1 aromatic heterocycles. The molecule has 0 N–H and O–H groups in total. The number of aromatic nitrogens is 1. The highest BCUT2D eigenvalue weighted by molar-refractivity contribution is 6.06. The van der Waals surface area contributed by atoms with Gasteiger partial charge in [0.2, 0.25) is 0 Å². The van der Waals surface area contributed by atoms with Crippen LogP contribution in [-0.2, 0) is 0 Å². The van der Waals surface area contributed by atoms with Crippen LogP contribution in [0.4, 0.5) is 0 Å². The normalized spacial score (nSPS) is 10.6. The minimum atomic E-state index is -0.0450. The molecule has 0 spiro atoms. The summed E-state index contributed by atoms with van der Waals surface area (Å²) in [5.41, 5.74) is 2.35. The summed E-state index contributed by atoms with van der Waals surface area (Å²) in [4.78, 5) is 16.1. The van der Waals surface area contributed by atoms with E-state index in [0.717, 1.165) is 17.0 Å². The second kappa shape index (κ2) is 5.96. The number of aryl methyl sites for hydroxylation is 1. The van der Waals surface area contributed by atoms with E-state index in [1.54, 1.807) is 31.5 Å². The number of hydrogen-bond donors (Lipinski definition) is 0. The van der Waals surface area contributed by atoms with Gasteiger partial charge in [0, 0.05) is 11.8 Å². The molecule has 19 heavy (non-hydrogen) atoms. The number of carbonyl (C=O) groups excluding carboxylic acids is 1. The van der Waals surface area contributed by atoms with Crippen molar-refractivity contribution < 1.29 is 9.53 Å². The fourth-order valence-electron chi connectivity index (χ4n) is 1.76. The molecule has 0 fully saturated rings. The molecule has 2 aromatic rings. The highest BCUT2D eigenvalue weighted by atomic mass is 16.5. The van der Waals surface area contributed by atoms with Gasteiger partial charge in [0.05, 0.1) is 12.8 Å². The van der Waals surface area contributed by atoms with Gasteiger partial charge in [-0.05, 0) is 55.0 Å². The summed E-state index contributed by atoms with van der Waals surface area (Å²) in [6.07, 6.45) is 4.94. The number of rotatable bonds is 4. The molecule has 0 saturated heterocycles. The summed E-state index contributed by atoms with van der Waals surface area (Å²) in [6.45, 7) is 1.91. The van der Waals surface area contributed by atoms with E-state index in [-0.39, 0.29) is 5.78 Å². The van der Waals surface area contributed by atoms with Gasteiger partial charge in [-0.2, -0.15) is 0 Å². The van der Waals surface area contributed by atoms with E-state index < -0.39 is 0 Å². The zero-order valence-electron chi connectivity index (χ0n) is 11.0. The average molecular weight is 253 g/mol. The highest BCUT2D eigenvalue weighted by Gasteiger charge is 2.05. The standard InChI is InChI=1S/C16H15NO2/c1-12-11-13(6-9-16(12)19-2)15(18)8-7-14-5-3-4-10-17-14/h3-11H,1-2H3/b8-7+.